The highest BCUT2D eigenvalue weighted by Gasteiger charge is 2.22. The average Bonchev–Trinajstić information content (AvgIpc) is 2.87. The van der Waals surface area contributed by atoms with Crippen molar-refractivity contribution < 1.29 is 0 Å². The molecule has 0 radical (unpaired) electrons. The Hall–Kier alpha value is -1.52. The highest BCUT2D eigenvalue weighted by atomic mass is 16.1. The molecule has 4 N–H and O–H groups in total. The lowest BCUT2D eigenvalue weighted by Crippen LogP contribution is -2.20. The molecular weight excluding hydrogens is 180 g/mol. The van der Waals surface area contributed by atoms with Crippen LogP contribution in [0, 0.1) is 0 Å². The molecule has 2 rings (SSSR count). The summed E-state index contributed by atoms with van der Waals surface area (Å²) in [5, 5.41) is 3.10. The van der Waals surface area contributed by atoms with E-state index in [0.29, 0.717) is 29.8 Å². The molecule has 5 heteroatoms. The third-order valence-corrected chi connectivity index (χ3v) is 2.32. The largest absolute Gasteiger partial charge is 0.383 e. The minimum Gasteiger partial charge on any atom is -0.383 e. The number of nitrogens with two attached hydrogens (primary N) is 1. The first kappa shape index (κ1) is 9.05. The van der Waals surface area contributed by atoms with Crippen molar-refractivity contribution in [2.45, 2.75) is 32.2 Å². The Labute approximate surface area is 81.7 Å². The number of hydrogen-bond acceptors (Lipinski definition) is 4. The van der Waals surface area contributed by atoms with E-state index in [1.54, 1.807) is 0 Å². The van der Waals surface area contributed by atoms with Crippen molar-refractivity contribution in [2.24, 2.45) is 0 Å². The zero-order chi connectivity index (χ0) is 10.1. The molecule has 1 heterocycles. The summed E-state index contributed by atoms with van der Waals surface area (Å²) in [6.07, 6.45) is 2.89. The maximum absolute atomic E-state index is 11.5. The van der Waals surface area contributed by atoms with Crippen molar-refractivity contribution in [3.8, 4) is 0 Å². The van der Waals surface area contributed by atoms with Crippen molar-refractivity contribution in [1.82, 2.24) is 9.97 Å². The second-order valence-electron chi connectivity index (χ2n) is 3.55. The minimum atomic E-state index is -0.136. The van der Waals surface area contributed by atoms with Gasteiger partial charge in [0.25, 0.3) is 5.56 Å². The van der Waals surface area contributed by atoms with Crippen LogP contribution in [-0.4, -0.2) is 16.0 Å². The second-order valence-corrected chi connectivity index (χ2v) is 3.55. The molecule has 5 nitrogen and oxygen atoms in total. The molecule has 0 aromatic carbocycles. The van der Waals surface area contributed by atoms with E-state index < -0.39 is 0 Å². The highest BCUT2D eigenvalue weighted by molar-refractivity contribution is 5.43. The molecule has 1 aromatic heterocycles. The Kier molecular flexibility index (Phi) is 2.15. The van der Waals surface area contributed by atoms with Gasteiger partial charge in [-0.05, 0) is 19.3 Å². The smallest absolute Gasteiger partial charge is 0.257 e. The van der Waals surface area contributed by atoms with Crippen LogP contribution in [0.15, 0.2) is 4.79 Å². The van der Waals surface area contributed by atoms with Crippen LogP contribution in [0.4, 0.5) is 11.8 Å². The van der Waals surface area contributed by atoms with Gasteiger partial charge in [-0.3, -0.25) is 9.78 Å². The van der Waals surface area contributed by atoms with Gasteiger partial charge in [-0.1, -0.05) is 6.92 Å². The normalized spacial score (nSPS) is 15.5. The molecule has 0 amide bonds. The van der Waals surface area contributed by atoms with E-state index in [2.05, 4.69) is 15.3 Å². The van der Waals surface area contributed by atoms with E-state index in [-0.39, 0.29) is 5.56 Å². The lowest BCUT2D eigenvalue weighted by atomic mass is 10.2. The molecule has 76 valence electrons. The number of H-pyrrole nitrogens is 1. The van der Waals surface area contributed by atoms with Gasteiger partial charge in [0.15, 0.2) is 0 Å². The van der Waals surface area contributed by atoms with Gasteiger partial charge < -0.3 is 11.1 Å². The van der Waals surface area contributed by atoms with Crippen LogP contribution in [0.3, 0.4) is 0 Å². The third kappa shape index (κ3) is 1.71. The summed E-state index contributed by atoms with van der Waals surface area (Å²) in [7, 11) is 0. The molecule has 1 saturated carbocycles. The fourth-order valence-corrected chi connectivity index (χ4v) is 1.35. The lowest BCUT2D eigenvalue weighted by molar-refractivity contribution is 0.986. The standard InChI is InChI=1S/C9H14N4O/c1-2-6-7(10)12-9(13-8(6)14)11-5-3-4-5/h5H,2-4H2,1H3,(H4,10,11,12,13,14). The van der Waals surface area contributed by atoms with Crippen LogP contribution in [0.2, 0.25) is 0 Å². The maximum Gasteiger partial charge on any atom is 0.257 e. The summed E-state index contributed by atoms with van der Waals surface area (Å²) in [6.45, 7) is 1.89. The average molecular weight is 194 g/mol. The second kappa shape index (κ2) is 3.32. The van der Waals surface area contributed by atoms with E-state index in [0.717, 1.165) is 12.8 Å². The molecular formula is C9H14N4O. The molecule has 0 bridgehead atoms. The van der Waals surface area contributed by atoms with Crippen LogP contribution in [0.1, 0.15) is 25.3 Å². The summed E-state index contributed by atoms with van der Waals surface area (Å²) in [5.41, 5.74) is 6.08. The van der Waals surface area contributed by atoms with Gasteiger partial charge in [0.1, 0.15) is 5.82 Å². The number of hydrogen-bond donors (Lipinski definition) is 3. The predicted molar refractivity (Wildman–Crippen MR) is 55.3 cm³/mol. The van der Waals surface area contributed by atoms with Crippen molar-refractivity contribution in [3.05, 3.63) is 15.9 Å². The number of nitrogen functional groups attached to an aromatic ring is 1. The highest BCUT2D eigenvalue weighted by Crippen LogP contribution is 2.22. The van der Waals surface area contributed by atoms with Gasteiger partial charge in [-0.25, -0.2) is 0 Å². The summed E-state index contributed by atoms with van der Waals surface area (Å²) >= 11 is 0. The van der Waals surface area contributed by atoms with Gasteiger partial charge in [0.05, 0.1) is 5.56 Å². The molecule has 1 aliphatic carbocycles. The van der Waals surface area contributed by atoms with Gasteiger partial charge in [-0.15, -0.1) is 0 Å². The Bertz CT molecular complexity index is 394. The summed E-state index contributed by atoms with van der Waals surface area (Å²) in [5.74, 6) is 0.826. The van der Waals surface area contributed by atoms with Crippen molar-refractivity contribution in [1.29, 1.82) is 0 Å². The van der Waals surface area contributed by atoms with E-state index in [4.69, 9.17) is 5.73 Å². The summed E-state index contributed by atoms with van der Waals surface area (Å²) in [6, 6.07) is 0.463. The first-order valence-corrected chi connectivity index (χ1v) is 4.86. The topological polar surface area (TPSA) is 83.8 Å². The molecule has 1 aromatic rings. The van der Waals surface area contributed by atoms with Crippen molar-refractivity contribution >= 4 is 11.8 Å². The van der Waals surface area contributed by atoms with Crippen LogP contribution in [0.5, 0.6) is 0 Å². The number of nitrogens with zero attached hydrogens (tertiary/aromatic N) is 1. The molecule has 0 atom stereocenters. The first-order chi connectivity index (χ1) is 6.70. The van der Waals surface area contributed by atoms with E-state index in [9.17, 15) is 4.79 Å². The molecule has 1 aliphatic rings. The fraction of sp³-hybridized carbons (Fsp3) is 0.556. The van der Waals surface area contributed by atoms with Crippen LogP contribution >= 0.6 is 0 Å². The third-order valence-electron chi connectivity index (χ3n) is 2.32. The molecule has 0 spiro atoms. The van der Waals surface area contributed by atoms with Crippen LogP contribution in [0.25, 0.3) is 0 Å². The van der Waals surface area contributed by atoms with Crippen LogP contribution < -0.4 is 16.6 Å². The summed E-state index contributed by atoms with van der Waals surface area (Å²) in [4.78, 5) is 18.3. The summed E-state index contributed by atoms with van der Waals surface area (Å²) < 4.78 is 0. The number of rotatable bonds is 3. The zero-order valence-electron chi connectivity index (χ0n) is 8.13. The number of nitrogens with one attached hydrogen (secondary N) is 2. The van der Waals surface area contributed by atoms with Gasteiger partial charge in [-0.2, -0.15) is 4.98 Å². The zero-order valence-corrected chi connectivity index (χ0v) is 8.13. The van der Waals surface area contributed by atoms with Crippen LogP contribution in [-0.2, 0) is 6.42 Å². The molecule has 1 fully saturated rings. The minimum absolute atomic E-state index is 0.136. The fourth-order valence-electron chi connectivity index (χ4n) is 1.35. The van der Waals surface area contributed by atoms with Crippen molar-refractivity contribution in [2.75, 3.05) is 11.1 Å². The molecule has 0 saturated heterocycles. The monoisotopic (exact) mass is 194 g/mol. The Morgan fingerprint density at radius 1 is 1.64 bits per heavy atom. The Morgan fingerprint density at radius 2 is 2.36 bits per heavy atom. The number of aromatic amines is 1. The van der Waals surface area contributed by atoms with Crippen molar-refractivity contribution in [3.63, 3.8) is 0 Å². The van der Waals surface area contributed by atoms with Gasteiger partial charge >= 0.3 is 0 Å². The van der Waals surface area contributed by atoms with Gasteiger partial charge in [0.2, 0.25) is 5.95 Å². The number of anilines is 2. The van der Waals surface area contributed by atoms with Gasteiger partial charge in [0, 0.05) is 6.04 Å². The molecule has 14 heavy (non-hydrogen) atoms. The maximum atomic E-state index is 11.5. The Morgan fingerprint density at radius 3 is 2.86 bits per heavy atom. The van der Waals surface area contributed by atoms with E-state index >= 15 is 0 Å². The predicted octanol–water partition coefficient (Wildman–Crippen LogP) is 0.489. The SMILES string of the molecule is CCc1c(N)nc(NC2CC2)[nH]c1=O. The van der Waals surface area contributed by atoms with E-state index in [1.165, 1.54) is 0 Å². The lowest BCUT2D eigenvalue weighted by Gasteiger charge is -2.06. The Balaban J connectivity index is 2.30. The molecule has 0 unspecified atom stereocenters. The van der Waals surface area contributed by atoms with E-state index in [1.807, 2.05) is 6.92 Å². The number of aromatic nitrogens is 2. The quantitative estimate of drug-likeness (QED) is 0.653. The first-order valence-electron chi connectivity index (χ1n) is 4.86. The molecule has 0 aliphatic heterocycles.